The zero-order chi connectivity index (χ0) is 14.7. The van der Waals surface area contributed by atoms with Crippen molar-refractivity contribution in [2.75, 3.05) is 20.8 Å². The van der Waals surface area contributed by atoms with E-state index in [9.17, 15) is 14.7 Å². The Kier molecular flexibility index (Phi) is 4.12. The van der Waals surface area contributed by atoms with Gasteiger partial charge in [-0.1, -0.05) is 0 Å². The van der Waals surface area contributed by atoms with Crippen molar-refractivity contribution >= 4 is 11.9 Å². The van der Waals surface area contributed by atoms with Crippen LogP contribution in [0.15, 0.2) is 18.2 Å². The van der Waals surface area contributed by atoms with Crippen LogP contribution in [0, 0.1) is 5.92 Å². The summed E-state index contributed by atoms with van der Waals surface area (Å²) in [5.74, 6) is -0.818. The highest BCUT2D eigenvalue weighted by molar-refractivity contribution is 5.85. The highest BCUT2D eigenvalue weighted by Gasteiger charge is 2.30. The molecule has 108 valence electrons. The fraction of sp³-hybridized carbons (Fsp3) is 0.429. The lowest BCUT2D eigenvalue weighted by molar-refractivity contribution is -0.311. The van der Waals surface area contributed by atoms with Crippen molar-refractivity contribution in [3.05, 3.63) is 23.8 Å². The number of carbonyl (C=O) groups is 2. The van der Waals surface area contributed by atoms with Crippen molar-refractivity contribution in [2.24, 2.45) is 5.92 Å². The third-order valence-corrected chi connectivity index (χ3v) is 3.40. The molecule has 0 N–H and O–H groups in total. The first-order valence-corrected chi connectivity index (χ1v) is 6.24. The highest BCUT2D eigenvalue weighted by Crippen LogP contribution is 2.27. The van der Waals surface area contributed by atoms with E-state index in [1.165, 1.54) is 4.90 Å². The van der Waals surface area contributed by atoms with Crippen molar-refractivity contribution in [3.8, 4) is 11.5 Å². The van der Waals surface area contributed by atoms with Crippen LogP contribution in [0.2, 0.25) is 0 Å². The predicted molar refractivity (Wildman–Crippen MR) is 68.1 cm³/mol. The van der Waals surface area contributed by atoms with Crippen LogP contribution in [0.3, 0.4) is 0 Å². The Morgan fingerprint density at radius 3 is 2.70 bits per heavy atom. The van der Waals surface area contributed by atoms with E-state index in [1.807, 2.05) is 0 Å². The Bertz CT molecular complexity index is 528. The topological polar surface area (TPSA) is 78.9 Å². The summed E-state index contributed by atoms with van der Waals surface area (Å²) < 4.78 is 10.4. The maximum atomic E-state index is 11.8. The normalized spacial score (nSPS) is 18.2. The number of nitrogens with zero attached hydrogens (tertiary/aromatic N) is 1. The number of hydrogen-bond donors (Lipinski definition) is 0. The lowest BCUT2D eigenvalue weighted by Crippen LogP contribution is -2.33. The van der Waals surface area contributed by atoms with Crippen LogP contribution in [-0.2, 0) is 16.1 Å². The van der Waals surface area contributed by atoms with E-state index in [2.05, 4.69) is 0 Å². The molecule has 6 heteroatoms. The summed E-state index contributed by atoms with van der Waals surface area (Å²) in [6.45, 7) is 0.463. The van der Waals surface area contributed by atoms with Crippen LogP contribution in [0.5, 0.6) is 11.5 Å². The molecule has 6 nitrogen and oxygen atoms in total. The van der Waals surface area contributed by atoms with Gasteiger partial charge < -0.3 is 24.3 Å². The van der Waals surface area contributed by atoms with Crippen LogP contribution in [0.25, 0.3) is 0 Å². The first kappa shape index (κ1) is 14.2. The zero-order valence-electron chi connectivity index (χ0n) is 11.4. The molecule has 0 saturated carbocycles. The molecule has 0 bridgehead atoms. The van der Waals surface area contributed by atoms with Crippen molar-refractivity contribution in [2.45, 2.75) is 13.0 Å². The Morgan fingerprint density at radius 1 is 1.40 bits per heavy atom. The van der Waals surface area contributed by atoms with Gasteiger partial charge in [-0.2, -0.15) is 0 Å². The molecule has 1 aromatic carbocycles. The maximum Gasteiger partial charge on any atom is 0.223 e. The van der Waals surface area contributed by atoms with Gasteiger partial charge in [0, 0.05) is 37.0 Å². The second kappa shape index (κ2) is 5.81. The minimum atomic E-state index is -1.18. The summed E-state index contributed by atoms with van der Waals surface area (Å²) in [4.78, 5) is 24.1. The van der Waals surface area contributed by atoms with Crippen molar-refractivity contribution < 1.29 is 24.2 Å². The van der Waals surface area contributed by atoms with E-state index >= 15 is 0 Å². The summed E-state index contributed by atoms with van der Waals surface area (Å²) in [5, 5.41) is 10.8. The second-order valence-electron chi connectivity index (χ2n) is 4.67. The Labute approximate surface area is 116 Å². The van der Waals surface area contributed by atoms with E-state index in [0.29, 0.717) is 18.0 Å². The molecule has 1 aliphatic heterocycles. The van der Waals surface area contributed by atoms with Gasteiger partial charge in [0.1, 0.15) is 11.5 Å². The number of benzene rings is 1. The number of aliphatic carboxylic acids is 1. The number of likely N-dealkylation sites (tertiary alicyclic amines) is 1. The Balaban J connectivity index is 2.17. The molecule has 20 heavy (non-hydrogen) atoms. The van der Waals surface area contributed by atoms with Crippen LogP contribution in [0.1, 0.15) is 12.0 Å². The van der Waals surface area contributed by atoms with Crippen molar-refractivity contribution in [1.82, 2.24) is 4.90 Å². The minimum absolute atomic E-state index is 0.00534. The first-order valence-electron chi connectivity index (χ1n) is 6.24. The number of ether oxygens (including phenoxy) is 2. The second-order valence-corrected chi connectivity index (χ2v) is 4.67. The van der Waals surface area contributed by atoms with E-state index in [4.69, 9.17) is 9.47 Å². The number of rotatable bonds is 5. The number of carboxylic acid groups (broad SMARTS) is 1. The quantitative estimate of drug-likeness (QED) is 0.745. The monoisotopic (exact) mass is 278 g/mol. The molecule has 1 aliphatic rings. The number of methoxy groups -OCH3 is 2. The third-order valence-electron chi connectivity index (χ3n) is 3.40. The summed E-state index contributed by atoms with van der Waals surface area (Å²) in [5.41, 5.74) is 0.777. The fourth-order valence-corrected chi connectivity index (χ4v) is 2.29. The van der Waals surface area contributed by atoms with E-state index in [-0.39, 0.29) is 18.9 Å². The van der Waals surface area contributed by atoms with Gasteiger partial charge in [0.25, 0.3) is 0 Å². The molecule has 1 saturated heterocycles. The number of hydrogen-bond acceptors (Lipinski definition) is 5. The third kappa shape index (κ3) is 2.84. The van der Waals surface area contributed by atoms with Crippen molar-refractivity contribution in [3.63, 3.8) is 0 Å². The summed E-state index contributed by atoms with van der Waals surface area (Å²) in [7, 11) is 3.10. The predicted octanol–water partition coefficient (Wildman–Crippen LogP) is -0.198. The molecule has 0 radical (unpaired) electrons. The van der Waals surface area contributed by atoms with Crippen molar-refractivity contribution in [1.29, 1.82) is 0 Å². The van der Waals surface area contributed by atoms with Crippen LogP contribution < -0.4 is 14.6 Å². The molecular weight excluding hydrogens is 262 g/mol. The van der Waals surface area contributed by atoms with E-state index in [0.717, 1.165) is 5.56 Å². The standard InChI is InChI=1S/C14H17NO5/c1-19-11-3-4-12(20-2)9(5-11)7-15-8-10(14(17)18)6-13(15)16/h3-5,10H,6-8H2,1-2H3,(H,17,18)/p-1/t10-/m0/s1. The molecule has 1 amide bonds. The molecular formula is C14H16NO5-. The van der Waals surface area contributed by atoms with Gasteiger partial charge in [0.05, 0.1) is 14.2 Å². The largest absolute Gasteiger partial charge is 0.550 e. The molecule has 1 heterocycles. The minimum Gasteiger partial charge on any atom is -0.550 e. The molecule has 1 atom stereocenters. The van der Waals surface area contributed by atoms with Gasteiger partial charge in [-0.15, -0.1) is 0 Å². The molecule has 1 aromatic rings. The fourth-order valence-electron chi connectivity index (χ4n) is 2.29. The van der Waals surface area contributed by atoms with Gasteiger partial charge in [-0.3, -0.25) is 4.79 Å². The maximum absolute atomic E-state index is 11.8. The lowest BCUT2D eigenvalue weighted by atomic mass is 10.1. The summed E-state index contributed by atoms with van der Waals surface area (Å²) in [6.07, 6.45) is -0.00534. The van der Waals surface area contributed by atoms with Crippen LogP contribution >= 0.6 is 0 Å². The van der Waals surface area contributed by atoms with Gasteiger partial charge in [0.2, 0.25) is 5.91 Å². The smallest absolute Gasteiger partial charge is 0.223 e. The number of amides is 1. The summed E-state index contributed by atoms with van der Waals surface area (Å²) >= 11 is 0. The Hall–Kier alpha value is -2.24. The molecule has 2 rings (SSSR count). The Morgan fingerprint density at radius 2 is 2.15 bits per heavy atom. The molecule has 1 fully saturated rings. The zero-order valence-corrected chi connectivity index (χ0v) is 11.4. The van der Waals surface area contributed by atoms with Gasteiger partial charge in [-0.05, 0) is 18.2 Å². The van der Waals surface area contributed by atoms with Gasteiger partial charge in [0.15, 0.2) is 0 Å². The number of carboxylic acids is 1. The van der Waals surface area contributed by atoms with Gasteiger partial charge >= 0.3 is 0 Å². The molecule has 0 aliphatic carbocycles. The summed E-state index contributed by atoms with van der Waals surface area (Å²) in [6, 6.07) is 5.29. The number of carbonyl (C=O) groups excluding carboxylic acids is 2. The lowest BCUT2D eigenvalue weighted by Gasteiger charge is -2.19. The van der Waals surface area contributed by atoms with E-state index < -0.39 is 11.9 Å². The van der Waals surface area contributed by atoms with Crippen LogP contribution in [0.4, 0.5) is 0 Å². The average Bonchev–Trinajstić information content (AvgIpc) is 2.80. The van der Waals surface area contributed by atoms with Crippen LogP contribution in [-0.4, -0.2) is 37.5 Å². The average molecular weight is 278 g/mol. The van der Waals surface area contributed by atoms with E-state index in [1.54, 1.807) is 32.4 Å². The molecule has 0 unspecified atom stereocenters. The first-order chi connectivity index (χ1) is 9.55. The molecule has 0 aromatic heterocycles. The SMILES string of the molecule is COc1ccc(OC)c(CN2C[C@@H](C(=O)[O-])CC2=O)c1. The highest BCUT2D eigenvalue weighted by atomic mass is 16.5. The molecule has 0 spiro atoms. The van der Waals surface area contributed by atoms with Gasteiger partial charge in [-0.25, -0.2) is 0 Å².